The zero-order chi connectivity index (χ0) is 13.3. The number of anilines is 1. The third-order valence-electron chi connectivity index (χ3n) is 3.40. The molecule has 0 bridgehead atoms. The number of carboxylic acids is 1. The Labute approximate surface area is 115 Å². The average Bonchev–Trinajstić information content (AvgIpc) is 2.74. The predicted molar refractivity (Wildman–Crippen MR) is 73.3 cm³/mol. The summed E-state index contributed by atoms with van der Waals surface area (Å²) >= 11 is 3.39. The first kappa shape index (κ1) is 13.4. The van der Waals surface area contributed by atoms with Crippen LogP contribution in [0.15, 0.2) is 22.7 Å². The van der Waals surface area contributed by atoms with E-state index in [4.69, 9.17) is 4.74 Å². The van der Waals surface area contributed by atoms with E-state index in [1.807, 2.05) is 24.9 Å². The number of hydrogen-bond donors (Lipinski definition) is 1. The second-order valence-electron chi connectivity index (χ2n) is 4.51. The quantitative estimate of drug-likeness (QED) is 0.932. The van der Waals surface area contributed by atoms with Crippen molar-refractivity contribution < 1.29 is 14.6 Å². The molecule has 1 fully saturated rings. The molecule has 5 heteroatoms. The summed E-state index contributed by atoms with van der Waals surface area (Å²) in [6.07, 6.45) is 1.04. The number of likely N-dealkylation sites (N-methyl/N-ethyl adjacent to an activating group) is 1. The predicted octanol–water partition coefficient (Wildman–Crippen LogP) is 2.76. The Hall–Kier alpha value is -1.07. The van der Waals surface area contributed by atoms with E-state index in [0.29, 0.717) is 5.56 Å². The molecule has 0 spiro atoms. The molecule has 2 atom stereocenters. The van der Waals surface area contributed by atoms with Gasteiger partial charge in [0, 0.05) is 18.1 Å². The minimum atomic E-state index is -0.907. The van der Waals surface area contributed by atoms with E-state index >= 15 is 0 Å². The Morgan fingerprint density at radius 3 is 2.83 bits per heavy atom. The molecule has 1 saturated heterocycles. The monoisotopic (exact) mass is 313 g/mol. The smallest absolute Gasteiger partial charge is 0.337 e. The lowest BCUT2D eigenvalue weighted by Crippen LogP contribution is -2.37. The molecule has 18 heavy (non-hydrogen) atoms. The van der Waals surface area contributed by atoms with Crippen LogP contribution in [-0.2, 0) is 4.74 Å². The first-order valence-electron chi connectivity index (χ1n) is 5.88. The summed E-state index contributed by atoms with van der Waals surface area (Å²) in [6, 6.07) is 5.43. The summed E-state index contributed by atoms with van der Waals surface area (Å²) in [5.41, 5.74) is 1.04. The normalized spacial score (nSPS) is 23.1. The van der Waals surface area contributed by atoms with Crippen molar-refractivity contribution in [2.75, 3.05) is 18.6 Å². The van der Waals surface area contributed by atoms with Crippen LogP contribution < -0.4 is 4.90 Å². The lowest BCUT2D eigenvalue weighted by Gasteiger charge is -2.30. The number of halogens is 1. The molecule has 98 valence electrons. The zero-order valence-electron chi connectivity index (χ0n) is 10.4. The van der Waals surface area contributed by atoms with Crippen LogP contribution in [0, 0.1) is 0 Å². The molecule has 1 aromatic rings. The number of aromatic carboxylic acids is 1. The van der Waals surface area contributed by atoms with Crippen LogP contribution in [-0.4, -0.2) is 36.9 Å². The first-order valence-corrected chi connectivity index (χ1v) is 6.67. The van der Waals surface area contributed by atoms with E-state index < -0.39 is 5.97 Å². The van der Waals surface area contributed by atoms with Gasteiger partial charge in [-0.05, 0) is 31.5 Å². The summed E-state index contributed by atoms with van der Waals surface area (Å²) in [7, 11) is 1.92. The highest BCUT2D eigenvalue weighted by atomic mass is 79.9. The standard InChI is InChI=1S/C13H16BrNO3/c1-8-11(5-6-18-8)15(2)12-7-9(14)3-4-10(12)13(16)17/h3-4,7-8,11H,5-6H2,1-2H3,(H,16,17). The third-order valence-corrected chi connectivity index (χ3v) is 3.90. The van der Waals surface area contributed by atoms with Crippen molar-refractivity contribution in [2.24, 2.45) is 0 Å². The highest BCUT2D eigenvalue weighted by Crippen LogP contribution is 2.29. The third kappa shape index (κ3) is 2.52. The van der Waals surface area contributed by atoms with Gasteiger partial charge in [0.1, 0.15) is 0 Å². The molecule has 0 amide bonds. The van der Waals surface area contributed by atoms with Gasteiger partial charge < -0.3 is 14.7 Å². The van der Waals surface area contributed by atoms with E-state index in [2.05, 4.69) is 15.9 Å². The van der Waals surface area contributed by atoms with Gasteiger partial charge >= 0.3 is 5.97 Å². The summed E-state index contributed by atoms with van der Waals surface area (Å²) in [5.74, 6) is -0.907. The van der Waals surface area contributed by atoms with Crippen molar-refractivity contribution in [3.8, 4) is 0 Å². The van der Waals surface area contributed by atoms with Gasteiger partial charge in [-0.1, -0.05) is 15.9 Å². The van der Waals surface area contributed by atoms with Crippen molar-refractivity contribution in [1.82, 2.24) is 0 Å². The minimum Gasteiger partial charge on any atom is -0.478 e. The number of hydrogen-bond acceptors (Lipinski definition) is 3. The molecule has 1 heterocycles. The Morgan fingerprint density at radius 2 is 2.28 bits per heavy atom. The minimum absolute atomic E-state index is 0.121. The number of carboxylic acid groups (broad SMARTS) is 1. The van der Waals surface area contributed by atoms with Gasteiger partial charge in [0.05, 0.1) is 23.4 Å². The summed E-state index contributed by atoms with van der Waals surface area (Å²) in [6.45, 7) is 2.75. The van der Waals surface area contributed by atoms with Crippen molar-refractivity contribution in [3.63, 3.8) is 0 Å². The fraction of sp³-hybridized carbons (Fsp3) is 0.462. The van der Waals surface area contributed by atoms with Crippen molar-refractivity contribution in [1.29, 1.82) is 0 Å². The molecule has 4 nitrogen and oxygen atoms in total. The Bertz CT molecular complexity index is 464. The lowest BCUT2D eigenvalue weighted by molar-refractivity contribution is 0.0697. The molecule has 1 aliphatic heterocycles. The second kappa shape index (κ2) is 5.28. The number of benzene rings is 1. The van der Waals surface area contributed by atoms with E-state index in [9.17, 15) is 9.90 Å². The van der Waals surface area contributed by atoms with Gasteiger partial charge in [-0.15, -0.1) is 0 Å². The molecule has 1 aromatic carbocycles. The Kier molecular flexibility index (Phi) is 3.92. The van der Waals surface area contributed by atoms with Gasteiger partial charge in [0.2, 0.25) is 0 Å². The molecule has 2 unspecified atom stereocenters. The van der Waals surface area contributed by atoms with Gasteiger partial charge in [-0.2, -0.15) is 0 Å². The van der Waals surface area contributed by atoms with E-state index in [1.165, 1.54) is 0 Å². The van der Waals surface area contributed by atoms with Gasteiger partial charge in [0.25, 0.3) is 0 Å². The number of carbonyl (C=O) groups is 1. The first-order chi connectivity index (χ1) is 8.50. The van der Waals surface area contributed by atoms with Crippen LogP contribution in [0.1, 0.15) is 23.7 Å². The maximum absolute atomic E-state index is 11.3. The van der Waals surface area contributed by atoms with Crippen LogP contribution in [0.25, 0.3) is 0 Å². The topological polar surface area (TPSA) is 49.8 Å². The lowest BCUT2D eigenvalue weighted by atomic mass is 10.1. The van der Waals surface area contributed by atoms with E-state index in [-0.39, 0.29) is 12.1 Å². The molecule has 2 rings (SSSR count). The summed E-state index contributed by atoms with van der Waals surface area (Å²) < 4.78 is 6.41. The molecule has 0 saturated carbocycles. The second-order valence-corrected chi connectivity index (χ2v) is 5.43. The van der Waals surface area contributed by atoms with Gasteiger partial charge in [0.15, 0.2) is 0 Å². The molecular formula is C13H16BrNO3. The fourth-order valence-corrected chi connectivity index (χ4v) is 2.73. The zero-order valence-corrected chi connectivity index (χ0v) is 12.0. The van der Waals surface area contributed by atoms with Gasteiger partial charge in [-0.25, -0.2) is 4.79 Å². The molecule has 0 radical (unpaired) electrons. The number of ether oxygens (including phenoxy) is 1. The fourth-order valence-electron chi connectivity index (χ4n) is 2.39. The van der Waals surface area contributed by atoms with Gasteiger partial charge in [-0.3, -0.25) is 0 Å². The van der Waals surface area contributed by atoms with Crippen LogP contribution in [0.5, 0.6) is 0 Å². The van der Waals surface area contributed by atoms with E-state index in [0.717, 1.165) is 23.2 Å². The van der Waals surface area contributed by atoms with Crippen molar-refractivity contribution >= 4 is 27.6 Å². The van der Waals surface area contributed by atoms with Crippen molar-refractivity contribution in [2.45, 2.75) is 25.5 Å². The maximum Gasteiger partial charge on any atom is 0.337 e. The number of nitrogens with zero attached hydrogens (tertiary/aromatic N) is 1. The van der Waals surface area contributed by atoms with Crippen molar-refractivity contribution in [3.05, 3.63) is 28.2 Å². The SMILES string of the molecule is CC1OCCC1N(C)c1cc(Br)ccc1C(=O)O. The van der Waals surface area contributed by atoms with Crippen LogP contribution in [0.4, 0.5) is 5.69 Å². The highest BCUT2D eigenvalue weighted by molar-refractivity contribution is 9.10. The van der Waals surface area contributed by atoms with Crippen LogP contribution in [0.3, 0.4) is 0 Å². The average molecular weight is 314 g/mol. The van der Waals surface area contributed by atoms with Crippen LogP contribution in [0.2, 0.25) is 0 Å². The largest absolute Gasteiger partial charge is 0.478 e. The molecule has 1 aliphatic rings. The number of rotatable bonds is 3. The summed E-state index contributed by atoms with van der Waals surface area (Å²) in [4.78, 5) is 13.3. The Morgan fingerprint density at radius 1 is 1.56 bits per heavy atom. The highest BCUT2D eigenvalue weighted by Gasteiger charge is 2.29. The summed E-state index contributed by atoms with van der Waals surface area (Å²) in [5, 5.41) is 9.24. The molecule has 1 N–H and O–H groups in total. The molecular weight excluding hydrogens is 298 g/mol. The van der Waals surface area contributed by atoms with E-state index in [1.54, 1.807) is 12.1 Å². The molecule has 0 aliphatic carbocycles. The van der Waals surface area contributed by atoms with Crippen LogP contribution >= 0.6 is 15.9 Å². The molecule has 0 aromatic heterocycles. The maximum atomic E-state index is 11.3. The Balaban J connectivity index is 2.36.